The molecule has 0 unspecified atom stereocenters. The van der Waals surface area contributed by atoms with Gasteiger partial charge in [0.25, 0.3) is 0 Å². The molecule has 0 aliphatic carbocycles. The molecular formula is C13H18ClNO2. The molecule has 1 aliphatic rings. The van der Waals surface area contributed by atoms with Crippen molar-refractivity contribution in [3.8, 4) is 5.75 Å². The standard InChI is InChI=1S/C13H18ClNO2/c14-12-3-4-13(17-8-7-16)11(9-12)10-15-5-1-2-6-15/h3-4,9,16H,1-2,5-8,10H2. The highest BCUT2D eigenvalue weighted by Gasteiger charge is 2.14. The molecule has 1 saturated heterocycles. The van der Waals surface area contributed by atoms with Crippen molar-refractivity contribution in [3.63, 3.8) is 0 Å². The maximum atomic E-state index is 8.80. The normalized spacial score (nSPS) is 16.4. The molecule has 0 spiro atoms. The van der Waals surface area contributed by atoms with Crippen molar-refractivity contribution in [1.29, 1.82) is 0 Å². The van der Waals surface area contributed by atoms with Gasteiger partial charge in [-0.25, -0.2) is 0 Å². The maximum Gasteiger partial charge on any atom is 0.124 e. The van der Waals surface area contributed by atoms with Gasteiger partial charge in [0.05, 0.1) is 6.61 Å². The smallest absolute Gasteiger partial charge is 0.124 e. The van der Waals surface area contributed by atoms with Crippen LogP contribution in [0.2, 0.25) is 5.02 Å². The Kier molecular flexibility index (Phi) is 4.66. The number of halogens is 1. The second-order valence-electron chi connectivity index (χ2n) is 4.31. The molecule has 1 aromatic rings. The van der Waals surface area contributed by atoms with Gasteiger partial charge in [-0.1, -0.05) is 11.6 Å². The Bertz CT molecular complexity index is 364. The van der Waals surface area contributed by atoms with Crippen molar-refractivity contribution in [2.45, 2.75) is 19.4 Å². The number of benzene rings is 1. The van der Waals surface area contributed by atoms with Gasteiger partial charge in [0, 0.05) is 17.1 Å². The third kappa shape index (κ3) is 3.60. The summed E-state index contributed by atoms with van der Waals surface area (Å²) < 4.78 is 5.52. The Morgan fingerprint density at radius 1 is 1.29 bits per heavy atom. The highest BCUT2D eigenvalue weighted by molar-refractivity contribution is 6.30. The Balaban J connectivity index is 2.08. The van der Waals surface area contributed by atoms with E-state index in [0.717, 1.165) is 36.0 Å². The molecule has 0 saturated carbocycles. The van der Waals surface area contributed by atoms with E-state index >= 15 is 0 Å². The van der Waals surface area contributed by atoms with Gasteiger partial charge in [-0.15, -0.1) is 0 Å². The van der Waals surface area contributed by atoms with Crippen molar-refractivity contribution in [2.24, 2.45) is 0 Å². The summed E-state index contributed by atoms with van der Waals surface area (Å²) in [6.45, 7) is 3.53. The van der Waals surface area contributed by atoms with E-state index in [1.165, 1.54) is 12.8 Å². The SMILES string of the molecule is OCCOc1ccc(Cl)cc1CN1CCCC1. The van der Waals surface area contributed by atoms with Crippen molar-refractivity contribution >= 4 is 11.6 Å². The fraction of sp³-hybridized carbons (Fsp3) is 0.538. The lowest BCUT2D eigenvalue weighted by molar-refractivity contribution is 0.198. The summed E-state index contributed by atoms with van der Waals surface area (Å²) in [5, 5.41) is 9.53. The molecule has 0 amide bonds. The van der Waals surface area contributed by atoms with Crippen LogP contribution in [0.25, 0.3) is 0 Å². The molecule has 1 N–H and O–H groups in total. The second-order valence-corrected chi connectivity index (χ2v) is 4.74. The zero-order valence-electron chi connectivity index (χ0n) is 9.86. The molecule has 4 heteroatoms. The molecule has 17 heavy (non-hydrogen) atoms. The maximum absolute atomic E-state index is 8.80. The van der Waals surface area contributed by atoms with Crippen LogP contribution in [0.5, 0.6) is 5.75 Å². The third-order valence-corrected chi connectivity index (χ3v) is 3.20. The first-order valence-electron chi connectivity index (χ1n) is 6.04. The van der Waals surface area contributed by atoms with Crippen LogP contribution in [0.1, 0.15) is 18.4 Å². The molecule has 0 aromatic heterocycles. The van der Waals surface area contributed by atoms with Crippen LogP contribution in [0.4, 0.5) is 0 Å². The van der Waals surface area contributed by atoms with E-state index in [0.29, 0.717) is 6.61 Å². The van der Waals surface area contributed by atoms with E-state index in [4.69, 9.17) is 21.4 Å². The molecule has 1 heterocycles. The first kappa shape index (κ1) is 12.7. The quantitative estimate of drug-likeness (QED) is 0.877. The average molecular weight is 256 g/mol. The summed E-state index contributed by atoms with van der Waals surface area (Å²) in [5.74, 6) is 0.829. The molecule has 1 aromatic carbocycles. The predicted octanol–water partition coefficient (Wildman–Crippen LogP) is 2.31. The number of ether oxygens (including phenoxy) is 1. The van der Waals surface area contributed by atoms with E-state index in [1.807, 2.05) is 18.2 Å². The first-order valence-corrected chi connectivity index (χ1v) is 6.42. The number of aliphatic hydroxyl groups is 1. The predicted molar refractivity (Wildman–Crippen MR) is 68.5 cm³/mol. The fourth-order valence-electron chi connectivity index (χ4n) is 2.15. The van der Waals surface area contributed by atoms with Gasteiger partial charge in [0.1, 0.15) is 12.4 Å². The third-order valence-electron chi connectivity index (χ3n) is 2.96. The summed E-state index contributed by atoms with van der Waals surface area (Å²) in [6.07, 6.45) is 2.54. The number of hydrogen-bond acceptors (Lipinski definition) is 3. The largest absolute Gasteiger partial charge is 0.491 e. The van der Waals surface area contributed by atoms with Gasteiger partial charge in [-0.05, 0) is 44.1 Å². The molecule has 2 rings (SSSR count). The van der Waals surface area contributed by atoms with Gasteiger partial charge in [0.2, 0.25) is 0 Å². The van der Waals surface area contributed by atoms with Gasteiger partial charge in [0.15, 0.2) is 0 Å². The van der Waals surface area contributed by atoms with E-state index < -0.39 is 0 Å². The molecule has 0 bridgehead atoms. The molecule has 1 fully saturated rings. The minimum atomic E-state index is 0.0335. The van der Waals surface area contributed by atoms with Crippen LogP contribution in [-0.2, 0) is 6.54 Å². The summed E-state index contributed by atoms with van der Waals surface area (Å²) in [5.41, 5.74) is 1.10. The number of aliphatic hydroxyl groups excluding tert-OH is 1. The van der Waals surface area contributed by atoms with Gasteiger partial charge < -0.3 is 9.84 Å². The van der Waals surface area contributed by atoms with E-state index in [9.17, 15) is 0 Å². The lowest BCUT2D eigenvalue weighted by atomic mass is 10.2. The van der Waals surface area contributed by atoms with Crippen molar-refractivity contribution in [1.82, 2.24) is 4.90 Å². The summed E-state index contributed by atoms with van der Waals surface area (Å²) in [4.78, 5) is 2.40. The van der Waals surface area contributed by atoms with E-state index in [1.54, 1.807) is 0 Å². The zero-order chi connectivity index (χ0) is 12.1. The van der Waals surface area contributed by atoms with Crippen LogP contribution in [0.15, 0.2) is 18.2 Å². The monoisotopic (exact) mass is 255 g/mol. The highest BCUT2D eigenvalue weighted by atomic mass is 35.5. The van der Waals surface area contributed by atoms with Crippen molar-refractivity contribution in [2.75, 3.05) is 26.3 Å². The lowest BCUT2D eigenvalue weighted by Gasteiger charge is -2.17. The number of likely N-dealkylation sites (tertiary alicyclic amines) is 1. The van der Waals surface area contributed by atoms with Crippen LogP contribution < -0.4 is 4.74 Å². The second kappa shape index (κ2) is 6.24. The Labute approximate surface area is 107 Å². The van der Waals surface area contributed by atoms with Gasteiger partial charge >= 0.3 is 0 Å². The molecule has 3 nitrogen and oxygen atoms in total. The summed E-state index contributed by atoms with van der Waals surface area (Å²) in [6, 6.07) is 5.65. The average Bonchev–Trinajstić information content (AvgIpc) is 2.81. The summed E-state index contributed by atoms with van der Waals surface area (Å²) in [7, 11) is 0. The molecule has 0 atom stereocenters. The number of rotatable bonds is 5. The number of nitrogens with zero attached hydrogens (tertiary/aromatic N) is 1. The molecule has 94 valence electrons. The molecule has 0 radical (unpaired) electrons. The van der Waals surface area contributed by atoms with Crippen LogP contribution in [0.3, 0.4) is 0 Å². The Morgan fingerprint density at radius 3 is 2.76 bits per heavy atom. The topological polar surface area (TPSA) is 32.7 Å². The fourth-order valence-corrected chi connectivity index (χ4v) is 2.34. The Morgan fingerprint density at radius 2 is 2.06 bits per heavy atom. The minimum Gasteiger partial charge on any atom is -0.491 e. The van der Waals surface area contributed by atoms with E-state index in [-0.39, 0.29) is 6.61 Å². The van der Waals surface area contributed by atoms with Crippen LogP contribution in [0, 0.1) is 0 Å². The van der Waals surface area contributed by atoms with Gasteiger partial charge in [-0.2, -0.15) is 0 Å². The van der Waals surface area contributed by atoms with Gasteiger partial charge in [-0.3, -0.25) is 4.90 Å². The lowest BCUT2D eigenvalue weighted by Crippen LogP contribution is -2.19. The number of hydrogen-bond donors (Lipinski definition) is 1. The van der Waals surface area contributed by atoms with Crippen molar-refractivity contribution in [3.05, 3.63) is 28.8 Å². The zero-order valence-corrected chi connectivity index (χ0v) is 10.6. The molecule has 1 aliphatic heterocycles. The minimum absolute atomic E-state index is 0.0335. The highest BCUT2D eigenvalue weighted by Crippen LogP contribution is 2.25. The first-order chi connectivity index (χ1) is 8.29. The van der Waals surface area contributed by atoms with Crippen LogP contribution >= 0.6 is 11.6 Å². The van der Waals surface area contributed by atoms with E-state index in [2.05, 4.69) is 4.90 Å². The summed E-state index contributed by atoms with van der Waals surface area (Å²) >= 11 is 6.01. The molecular weight excluding hydrogens is 238 g/mol. The van der Waals surface area contributed by atoms with Crippen molar-refractivity contribution < 1.29 is 9.84 Å². The Hall–Kier alpha value is -0.770. The van der Waals surface area contributed by atoms with Crippen LogP contribution in [-0.4, -0.2) is 36.3 Å².